The Hall–Kier alpha value is -0.210. The van der Waals surface area contributed by atoms with Gasteiger partial charge in [-0.25, -0.2) is 0 Å². The highest BCUT2D eigenvalue weighted by Crippen LogP contribution is 2.59. The van der Waals surface area contributed by atoms with Crippen LogP contribution in [0.25, 0.3) is 0 Å². The molecule has 70 valence electrons. The molecule has 0 radical (unpaired) electrons. The van der Waals surface area contributed by atoms with E-state index in [0.717, 1.165) is 25.7 Å². The van der Waals surface area contributed by atoms with E-state index in [1.807, 2.05) is 0 Å². The van der Waals surface area contributed by atoms with Gasteiger partial charge in [-0.1, -0.05) is 6.42 Å². The highest BCUT2D eigenvalue weighted by molar-refractivity contribution is 4.98. The first kappa shape index (κ1) is 8.39. The predicted octanol–water partition coefficient (Wildman–Crippen LogP) is 3.52. The van der Waals surface area contributed by atoms with Gasteiger partial charge in [-0.15, -0.1) is 0 Å². The van der Waals surface area contributed by atoms with Gasteiger partial charge in [-0.05, 0) is 37.5 Å². The Morgan fingerprint density at radius 1 is 1.08 bits per heavy atom. The average molecular weight is 178 g/mol. The molecule has 0 heterocycles. The summed E-state index contributed by atoms with van der Waals surface area (Å²) in [6, 6.07) is 0. The summed E-state index contributed by atoms with van der Waals surface area (Å²) in [6.45, 7) is 0. The Morgan fingerprint density at radius 2 is 1.75 bits per heavy atom. The molecule has 2 rings (SSSR count). The number of hydrogen-bond acceptors (Lipinski definition) is 0. The van der Waals surface area contributed by atoms with E-state index >= 15 is 0 Å². The Morgan fingerprint density at radius 3 is 2.25 bits per heavy atom. The van der Waals surface area contributed by atoms with E-state index in [2.05, 4.69) is 0 Å². The molecule has 2 aliphatic carbocycles. The fourth-order valence-electron chi connectivity index (χ4n) is 2.36. The summed E-state index contributed by atoms with van der Waals surface area (Å²) in [5.41, 5.74) is 0.137. The molecule has 2 fully saturated rings. The fourth-order valence-corrected chi connectivity index (χ4v) is 2.36. The van der Waals surface area contributed by atoms with Gasteiger partial charge in [0.15, 0.2) is 0 Å². The molecule has 0 nitrogen and oxygen atoms in total. The van der Waals surface area contributed by atoms with Gasteiger partial charge in [-0.2, -0.15) is 13.2 Å². The van der Waals surface area contributed by atoms with Crippen LogP contribution < -0.4 is 0 Å². The van der Waals surface area contributed by atoms with E-state index in [-0.39, 0.29) is 5.41 Å². The Balaban J connectivity index is 1.99. The minimum absolute atomic E-state index is 0.137. The largest absolute Gasteiger partial charge is 0.391 e. The van der Waals surface area contributed by atoms with Crippen LogP contribution in [-0.2, 0) is 0 Å². The zero-order chi connectivity index (χ0) is 8.82. The first-order chi connectivity index (χ1) is 5.52. The molecule has 0 aromatic rings. The monoisotopic (exact) mass is 178 g/mol. The second-order valence-electron chi connectivity index (χ2n) is 4.33. The molecule has 3 heteroatoms. The Labute approximate surface area is 70.1 Å². The molecule has 0 bridgehead atoms. The molecule has 1 spiro atoms. The molecule has 0 aromatic heterocycles. The third-order valence-corrected chi connectivity index (χ3v) is 3.36. The molecule has 0 saturated heterocycles. The van der Waals surface area contributed by atoms with E-state index < -0.39 is 12.1 Å². The molecule has 0 unspecified atom stereocenters. The highest BCUT2D eigenvalue weighted by atomic mass is 19.4. The zero-order valence-electron chi connectivity index (χ0n) is 6.95. The van der Waals surface area contributed by atoms with Crippen LogP contribution in [0.2, 0.25) is 0 Å². The van der Waals surface area contributed by atoms with Crippen molar-refractivity contribution in [1.82, 2.24) is 0 Å². The van der Waals surface area contributed by atoms with Crippen LogP contribution in [0.4, 0.5) is 13.2 Å². The van der Waals surface area contributed by atoms with Crippen molar-refractivity contribution in [3.05, 3.63) is 0 Å². The molecular formula is C9H13F3. The van der Waals surface area contributed by atoms with Gasteiger partial charge in [0.05, 0.1) is 5.92 Å². The predicted molar refractivity (Wildman–Crippen MR) is 39.7 cm³/mol. The first-order valence-electron chi connectivity index (χ1n) is 4.59. The van der Waals surface area contributed by atoms with E-state index in [4.69, 9.17) is 0 Å². The summed E-state index contributed by atoms with van der Waals surface area (Å²) in [7, 11) is 0. The van der Waals surface area contributed by atoms with Crippen molar-refractivity contribution in [2.24, 2.45) is 11.3 Å². The lowest BCUT2D eigenvalue weighted by Crippen LogP contribution is -2.29. The van der Waals surface area contributed by atoms with E-state index in [1.165, 1.54) is 0 Å². The van der Waals surface area contributed by atoms with Crippen LogP contribution in [0.5, 0.6) is 0 Å². The Bertz CT molecular complexity index is 179. The van der Waals surface area contributed by atoms with Crippen LogP contribution in [0.3, 0.4) is 0 Å². The zero-order valence-corrected chi connectivity index (χ0v) is 6.95. The molecule has 1 atom stereocenters. The quantitative estimate of drug-likeness (QED) is 0.532. The van der Waals surface area contributed by atoms with Crippen molar-refractivity contribution in [2.45, 2.75) is 44.7 Å². The molecule has 0 aliphatic heterocycles. The maximum absolute atomic E-state index is 12.3. The fraction of sp³-hybridized carbons (Fsp3) is 1.00. The van der Waals surface area contributed by atoms with Crippen molar-refractivity contribution in [3.8, 4) is 0 Å². The summed E-state index contributed by atoms with van der Waals surface area (Å²) in [4.78, 5) is 0. The van der Waals surface area contributed by atoms with Crippen molar-refractivity contribution >= 4 is 0 Å². The number of halogens is 3. The number of rotatable bonds is 0. The average Bonchev–Trinajstić information content (AvgIpc) is 2.68. The van der Waals surface area contributed by atoms with Gasteiger partial charge < -0.3 is 0 Å². The number of hydrogen-bond donors (Lipinski definition) is 0. The van der Waals surface area contributed by atoms with Crippen LogP contribution in [0, 0.1) is 11.3 Å². The van der Waals surface area contributed by atoms with Crippen molar-refractivity contribution < 1.29 is 13.2 Å². The smallest absolute Gasteiger partial charge is 0.171 e. The maximum Gasteiger partial charge on any atom is 0.391 e. The van der Waals surface area contributed by atoms with Gasteiger partial charge in [0, 0.05) is 0 Å². The van der Waals surface area contributed by atoms with Gasteiger partial charge in [0.2, 0.25) is 0 Å². The molecule has 12 heavy (non-hydrogen) atoms. The molecular weight excluding hydrogens is 165 g/mol. The highest BCUT2D eigenvalue weighted by Gasteiger charge is 2.52. The summed E-state index contributed by atoms with van der Waals surface area (Å²) >= 11 is 0. The lowest BCUT2D eigenvalue weighted by molar-refractivity contribution is -0.187. The number of alkyl halides is 3. The van der Waals surface area contributed by atoms with Crippen molar-refractivity contribution in [3.63, 3.8) is 0 Å². The molecule has 0 N–H and O–H groups in total. The van der Waals surface area contributed by atoms with Gasteiger partial charge in [-0.3, -0.25) is 0 Å². The Kier molecular flexibility index (Phi) is 1.67. The van der Waals surface area contributed by atoms with Crippen LogP contribution in [0.1, 0.15) is 38.5 Å². The second kappa shape index (κ2) is 2.39. The van der Waals surface area contributed by atoms with Crippen LogP contribution in [0.15, 0.2) is 0 Å². The third-order valence-electron chi connectivity index (χ3n) is 3.36. The lowest BCUT2D eigenvalue weighted by atomic mass is 9.79. The SMILES string of the molecule is FC(F)(F)[C@H]1CCCC2(CC2)C1. The topological polar surface area (TPSA) is 0 Å². The first-order valence-corrected chi connectivity index (χ1v) is 4.59. The second-order valence-corrected chi connectivity index (χ2v) is 4.33. The van der Waals surface area contributed by atoms with Crippen molar-refractivity contribution in [2.75, 3.05) is 0 Å². The van der Waals surface area contributed by atoms with E-state index in [9.17, 15) is 13.2 Å². The van der Waals surface area contributed by atoms with Gasteiger partial charge in [0.1, 0.15) is 0 Å². The van der Waals surface area contributed by atoms with Gasteiger partial charge >= 0.3 is 6.18 Å². The van der Waals surface area contributed by atoms with E-state index in [1.54, 1.807) is 0 Å². The standard InChI is InChI=1S/C9H13F3/c10-9(11,12)7-2-1-3-8(6-7)4-5-8/h7H,1-6H2/t7-/m0/s1. The summed E-state index contributed by atoms with van der Waals surface area (Å²) < 4.78 is 36.9. The van der Waals surface area contributed by atoms with Crippen LogP contribution >= 0.6 is 0 Å². The lowest BCUT2D eigenvalue weighted by Gasteiger charge is -2.30. The third kappa shape index (κ3) is 1.46. The molecule has 2 aliphatic rings. The molecule has 0 amide bonds. The van der Waals surface area contributed by atoms with Gasteiger partial charge in [0.25, 0.3) is 0 Å². The maximum atomic E-state index is 12.3. The minimum atomic E-state index is -3.93. The van der Waals surface area contributed by atoms with Crippen LogP contribution in [-0.4, -0.2) is 6.18 Å². The summed E-state index contributed by atoms with van der Waals surface area (Å²) in [6.07, 6.45) is 0.751. The normalized spacial score (nSPS) is 33.8. The van der Waals surface area contributed by atoms with Crippen molar-refractivity contribution in [1.29, 1.82) is 0 Å². The summed E-state index contributed by atoms with van der Waals surface area (Å²) in [5, 5.41) is 0. The molecule has 0 aromatic carbocycles. The summed E-state index contributed by atoms with van der Waals surface area (Å²) in [5.74, 6) is -0.992. The molecule has 2 saturated carbocycles. The minimum Gasteiger partial charge on any atom is -0.171 e. The van der Waals surface area contributed by atoms with E-state index in [0.29, 0.717) is 12.8 Å².